The van der Waals surface area contributed by atoms with Crippen LogP contribution in [-0.4, -0.2) is 46.4 Å². The Bertz CT molecular complexity index is 402. The van der Waals surface area contributed by atoms with Crippen LogP contribution in [0.3, 0.4) is 0 Å². The zero-order valence-electron chi connectivity index (χ0n) is 11.8. The molecule has 6 heteroatoms. The van der Waals surface area contributed by atoms with Crippen LogP contribution in [0.15, 0.2) is 0 Å². The van der Waals surface area contributed by atoms with Gasteiger partial charge in [0.1, 0.15) is 6.04 Å². The van der Waals surface area contributed by atoms with E-state index >= 15 is 0 Å². The molecule has 0 aromatic heterocycles. The lowest BCUT2D eigenvalue weighted by atomic mass is 10.2. The van der Waals surface area contributed by atoms with E-state index in [0.717, 1.165) is 25.7 Å². The average Bonchev–Trinajstić information content (AvgIpc) is 3.27. The highest BCUT2D eigenvalue weighted by atomic mass is 16.4. The highest BCUT2D eigenvalue weighted by molar-refractivity contribution is 5.84. The van der Waals surface area contributed by atoms with Crippen molar-refractivity contribution in [3.8, 4) is 0 Å². The van der Waals surface area contributed by atoms with E-state index in [2.05, 4.69) is 5.32 Å². The lowest BCUT2D eigenvalue weighted by molar-refractivity contribution is -0.150. The third-order valence-electron chi connectivity index (χ3n) is 3.82. The maximum Gasteiger partial charge on any atom is 0.326 e. The number of hydrogen-bond acceptors (Lipinski definition) is 3. The van der Waals surface area contributed by atoms with Gasteiger partial charge in [0.25, 0.3) is 0 Å². The summed E-state index contributed by atoms with van der Waals surface area (Å²) < 4.78 is 0. The molecule has 2 aliphatic carbocycles. The Balaban J connectivity index is 1.71. The van der Waals surface area contributed by atoms with Gasteiger partial charge < -0.3 is 15.3 Å². The van der Waals surface area contributed by atoms with Crippen molar-refractivity contribution in [1.82, 2.24) is 10.2 Å². The number of carbonyl (C=O) groups excluding carboxylic acids is 2. The molecule has 2 amide bonds. The summed E-state index contributed by atoms with van der Waals surface area (Å²) >= 11 is 0. The molecule has 0 spiro atoms. The minimum absolute atomic E-state index is 0.0791. The topological polar surface area (TPSA) is 86.7 Å². The van der Waals surface area contributed by atoms with Crippen LogP contribution >= 0.6 is 0 Å². The molecule has 20 heavy (non-hydrogen) atoms. The molecule has 0 aromatic rings. The molecule has 1 unspecified atom stereocenters. The second kappa shape index (κ2) is 6.24. The maximum absolute atomic E-state index is 12.1. The largest absolute Gasteiger partial charge is 0.480 e. The molecule has 2 fully saturated rings. The van der Waals surface area contributed by atoms with Crippen molar-refractivity contribution in [2.24, 2.45) is 5.92 Å². The van der Waals surface area contributed by atoms with Gasteiger partial charge in [0.05, 0.1) is 0 Å². The number of nitrogens with one attached hydrogen (secondary N) is 1. The number of carboxylic acids is 1. The van der Waals surface area contributed by atoms with E-state index in [1.54, 1.807) is 6.92 Å². The molecule has 0 saturated heterocycles. The monoisotopic (exact) mass is 282 g/mol. The van der Waals surface area contributed by atoms with E-state index < -0.39 is 12.0 Å². The number of rotatable bonds is 8. The number of aliphatic carboxylic acids is 1. The Morgan fingerprint density at radius 2 is 1.90 bits per heavy atom. The third-order valence-corrected chi connectivity index (χ3v) is 3.82. The maximum atomic E-state index is 12.1. The molecule has 0 aromatic carbocycles. The first kappa shape index (κ1) is 14.8. The molecule has 0 bridgehead atoms. The normalized spacial score (nSPS) is 19.2. The fourth-order valence-corrected chi connectivity index (χ4v) is 2.28. The van der Waals surface area contributed by atoms with E-state index in [0.29, 0.717) is 19.4 Å². The van der Waals surface area contributed by atoms with Crippen LogP contribution in [0.2, 0.25) is 0 Å². The number of carboxylic acid groups (broad SMARTS) is 1. The zero-order chi connectivity index (χ0) is 14.7. The van der Waals surface area contributed by atoms with Gasteiger partial charge in [-0.3, -0.25) is 9.59 Å². The van der Waals surface area contributed by atoms with Gasteiger partial charge in [0.15, 0.2) is 0 Å². The average molecular weight is 282 g/mol. The van der Waals surface area contributed by atoms with Crippen LogP contribution in [0, 0.1) is 5.92 Å². The molecule has 0 heterocycles. The second-order valence-corrected chi connectivity index (χ2v) is 5.72. The predicted molar refractivity (Wildman–Crippen MR) is 71.9 cm³/mol. The minimum atomic E-state index is -0.965. The molecule has 1 atom stereocenters. The Morgan fingerprint density at radius 1 is 1.25 bits per heavy atom. The van der Waals surface area contributed by atoms with Gasteiger partial charge in [0, 0.05) is 24.9 Å². The van der Waals surface area contributed by atoms with E-state index in [9.17, 15) is 14.4 Å². The van der Waals surface area contributed by atoms with E-state index in [-0.39, 0.29) is 23.8 Å². The molecule has 2 N–H and O–H groups in total. The van der Waals surface area contributed by atoms with Crippen LogP contribution in [0.25, 0.3) is 0 Å². The van der Waals surface area contributed by atoms with Crippen molar-refractivity contribution in [2.45, 2.75) is 57.5 Å². The summed E-state index contributed by atoms with van der Waals surface area (Å²) in [7, 11) is 0. The molecule has 0 radical (unpaired) electrons. The lowest BCUT2D eigenvalue weighted by Gasteiger charge is -2.26. The van der Waals surface area contributed by atoms with Crippen molar-refractivity contribution in [1.29, 1.82) is 0 Å². The summed E-state index contributed by atoms with van der Waals surface area (Å²) in [4.78, 5) is 36.0. The molecule has 2 rings (SSSR count). The SMILES string of the molecule is CC(C(=O)O)N(C(=O)CCCNC(=O)C1CC1)C1CC1. The molecule has 112 valence electrons. The van der Waals surface area contributed by atoms with Gasteiger partial charge in [-0.25, -0.2) is 4.79 Å². The minimum Gasteiger partial charge on any atom is -0.480 e. The highest BCUT2D eigenvalue weighted by Crippen LogP contribution is 2.30. The number of carbonyl (C=O) groups is 3. The van der Waals surface area contributed by atoms with Crippen molar-refractivity contribution >= 4 is 17.8 Å². The van der Waals surface area contributed by atoms with Gasteiger partial charge in [-0.15, -0.1) is 0 Å². The van der Waals surface area contributed by atoms with Crippen LogP contribution in [0.4, 0.5) is 0 Å². The molecule has 0 aliphatic heterocycles. The standard InChI is InChI=1S/C14H22N2O4/c1-9(14(19)20)16(11-6-7-11)12(17)3-2-8-15-13(18)10-4-5-10/h9-11H,2-8H2,1H3,(H,15,18)(H,19,20). The predicted octanol–water partition coefficient (Wildman–Crippen LogP) is 0.757. The summed E-state index contributed by atoms with van der Waals surface area (Å²) in [5.74, 6) is -0.827. The first-order valence-electron chi connectivity index (χ1n) is 7.32. The molecular formula is C14H22N2O4. The van der Waals surface area contributed by atoms with Crippen LogP contribution in [0.1, 0.15) is 45.4 Å². The fraction of sp³-hybridized carbons (Fsp3) is 0.786. The van der Waals surface area contributed by atoms with Crippen molar-refractivity contribution in [3.05, 3.63) is 0 Å². The van der Waals surface area contributed by atoms with Crippen LogP contribution in [0.5, 0.6) is 0 Å². The van der Waals surface area contributed by atoms with Crippen molar-refractivity contribution in [2.75, 3.05) is 6.54 Å². The summed E-state index contributed by atoms with van der Waals surface area (Å²) in [6.45, 7) is 2.04. The Hall–Kier alpha value is -1.59. The molecule has 2 saturated carbocycles. The Labute approximate surface area is 118 Å². The first-order chi connectivity index (χ1) is 9.50. The summed E-state index contributed by atoms with van der Waals surface area (Å²) in [5, 5.41) is 11.8. The van der Waals surface area contributed by atoms with E-state index in [1.807, 2.05) is 0 Å². The van der Waals surface area contributed by atoms with Gasteiger partial charge in [-0.1, -0.05) is 0 Å². The van der Waals surface area contributed by atoms with Crippen molar-refractivity contribution in [3.63, 3.8) is 0 Å². The first-order valence-corrected chi connectivity index (χ1v) is 7.32. The number of hydrogen-bond donors (Lipinski definition) is 2. The number of nitrogens with zero attached hydrogens (tertiary/aromatic N) is 1. The molecule has 6 nitrogen and oxygen atoms in total. The lowest BCUT2D eigenvalue weighted by Crippen LogP contribution is -2.44. The molecule has 2 aliphatic rings. The van der Waals surface area contributed by atoms with Crippen molar-refractivity contribution < 1.29 is 19.5 Å². The Morgan fingerprint density at radius 3 is 2.40 bits per heavy atom. The third kappa shape index (κ3) is 3.95. The zero-order valence-corrected chi connectivity index (χ0v) is 11.8. The number of amides is 2. The van der Waals surface area contributed by atoms with Crippen LogP contribution < -0.4 is 5.32 Å². The summed E-state index contributed by atoms with van der Waals surface area (Å²) in [6.07, 6.45) is 4.57. The summed E-state index contributed by atoms with van der Waals surface area (Å²) in [6, 6.07) is -0.675. The van der Waals surface area contributed by atoms with E-state index in [1.165, 1.54) is 4.90 Å². The Kier molecular flexibility index (Phi) is 4.62. The molecular weight excluding hydrogens is 260 g/mol. The summed E-state index contributed by atoms with van der Waals surface area (Å²) in [5.41, 5.74) is 0. The fourth-order valence-electron chi connectivity index (χ4n) is 2.28. The smallest absolute Gasteiger partial charge is 0.326 e. The second-order valence-electron chi connectivity index (χ2n) is 5.72. The highest BCUT2D eigenvalue weighted by Gasteiger charge is 2.37. The van der Waals surface area contributed by atoms with Crippen LogP contribution in [-0.2, 0) is 14.4 Å². The van der Waals surface area contributed by atoms with Gasteiger partial charge in [-0.2, -0.15) is 0 Å². The van der Waals surface area contributed by atoms with E-state index in [4.69, 9.17) is 5.11 Å². The quantitative estimate of drug-likeness (QED) is 0.643. The van der Waals surface area contributed by atoms with Gasteiger partial charge in [-0.05, 0) is 39.0 Å². The van der Waals surface area contributed by atoms with Gasteiger partial charge in [0.2, 0.25) is 11.8 Å². The van der Waals surface area contributed by atoms with Gasteiger partial charge >= 0.3 is 5.97 Å².